The fourth-order valence-electron chi connectivity index (χ4n) is 8.76. The van der Waals surface area contributed by atoms with Gasteiger partial charge in [0.05, 0.1) is 11.0 Å². The summed E-state index contributed by atoms with van der Waals surface area (Å²) in [5, 5.41) is 10.9. The lowest BCUT2D eigenvalue weighted by molar-refractivity contribution is 0.628. The molecule has 0 saturated carbocycles. The van der Waals surface area contributed by atoms with Crippen LogP contribution in [0.25, 0.3) is 80.7 Å². The molecule has 0 fully saturated rings. The predicted octanol–water partition coefficient (Wildman–Crippen LogP) is 13.4. The Bertz CT molecular complexity index is 3340. The van der Waals surface area contributed by atoms with Crippen molar-refractivity contribution in [2.24, 2.45) is 9.98 Å². The first kappa shape index (κ1) is 32.2. The summed E-state index contributed by atoms with van der Waals surface area (Å²) >= 11 is 1.85. The van der Waals surface area contributed by atoms with Crippen LogP contribution in [-0.4, -0.2) is 16.2 Å². The van der Waals surface area contributed by atoms with E-state index in [1.807, 2.05) is 29.5 Å². The number of allylic oxidation sites excluding steroid dienone is 2. The number of aromatic nitrogens is 1. The van der Waals surface area contributed by atoms with E-state index in [1.54, 1.807) is 0 Å². The summed E-state index contributed by atoms with van der Waals surface area (Å²) in [6.45, 7) is 0. The molecule has 5 nitrogen and oxygen atoms in total. The van der Waals surface area contributed by atoms with E-state index in [0.29, 0.717) is 5.84 Å². The fraction of sp³-hybridized carbons (Fsp3) is 0.0588. The third-order valence-corrected chi connectivity index (χ3v) is 12.6. The minimum atomic E-state index is -0.362. The number of rotatable bonds is 5. The zero-order chi connectivity index (χ0) is 37.5. The molecule has 2 aliphatic rings. The van der Waals surface area contributed by atoms with Gasteiger partial charge in [0.2, 0.25) is 0 Å². The van der Waals surface area contributed by atoms with E-state index in [0.717, 1.165) is 62.9 Å². The standard InChI is InChI=1S/C51H34N4OS/c1-3-12-31(13-4-1)49-52-50(32-14-5-2-6-15-32)54-51(53-49)40-19-11-18-39-41-28-33(23-26-45(41)56-48(39)40)34-22-25-38-42-30-35(24-27-46(42)57-47(38)29-34)55-43-20-9-7-16-36(43)37-17-8-10-21-44(37)55/h1,3-5,7-30,51H,2,6H2,(H,52,53,54). The summed E-state index contributed by atoms with van der Waals surface area (Å²) in [5.74, 6) is 1.55. The Morgan fingerprint density at radius 1 is 0.596 bits per heavy atom. The molecule has 3 aromatic heterocycles. The second kappa shape index (κ2) is 12.8. The Balaban J connectivity index is 0.928. The van der Waals surface area contributed by atoms with E-state index in [1.165, 1.54) is 53.2 Å². The van der Waals surface area contributed by atoms with Crippen molar-refractivity contribution in [3.8, 4) is 16.8 Å². The highest BCUT2D eigenvalue weighted by molar-refractivity contribution is 7.25. The molecule has 57 heavy (non-hydrogen) atoms. The van der Waals surface area contributed by atoms with Gasteiger partial charge in [-0.15, -0.1) is 11.3 Å². The molecule has 0 bridgehead atoms. The number of aliphatic imine (C=N–C) groups is 2. The topological polar surface area (TPSA) is 54.8 Å². The second-order valence-electron chi connectivity index (χ2n) is 14.9. The largest absolute Gasteiger partial charge is 0.456 e. The van der Waals surface area contributed by atoms with Crippen LogP contribution in [0.4, 0.5) is 0 Å². The Kier molecular flexibility index (Phi) is 7.22. The van der Waals surface area contributed by atoms with Gasteiger partial charge in [0.15, 0.2) is 12.0 Å². The molecular weight excluding hydrogens is 717 g/mol. The minimum absolute atomic E-state index is 0.362. The third kappa shape index (κ3) is 5.21. The Labute approximate surface area is 332 Å². The summed E-state index contributed by atoms with van der Waals surface area (Å²) in [6, 6.07) is 54.4. The quantitative estimate of drug-likeness (QED) is 0.190. The number of amidine groups is 2. The van der Waals surface area contributed by atoms with E-state index >= 15 is 0 Å². The Hall–Kier alpha value is -7.02. The van der Waals surface area contributed by atoms with E-state index in [9.17, 15) is 0 Å². The summed E-state index contributed by atoms with van der Waals surface area (Å²) in [6.07, 6.45) is 8.30. The zero-order valence-corrected chi connectivity index (χ0v) is 31.6. The van der Waals surface area contributed by atoms with E-state index in [4.69, 9.17) is 14.4 Å². The average molecular weight is 751 g/mol. The van der Waals surface area contributed by atoms with Gasteiger partial charge in [0.1, 0.15) is 17.0 Å². The highest BCUT2D eigenvalue weighted by atomic mass is 32.1. The molecular formula is C51H34N4OS. The molecule has 1 N–H and O–H groups in total. The van der Waals surface area contributed by atoms with Crippen molar-refractivity contribution in [1.82, 2.24) is 9.88 Å². The third-order valence-electron chi connectivity index (χ3n) is 11.5. The number of hydrogen-bond acceptors (Lipinski definition) is 5. The lowest BCUT2D eigenvalue weighted by Gasteiger charge is -2.24. The van der Waals surface area contributed by atoms with Gasteiger partial charge in [-0.25, -0.2) is 9.98 Å². The van der Waals surface area contributed by atoms with Crippen LogP contribution in [0.1, 0.15) is 30.1 Å². The van der Waals surface area contributed by atoms with Crippen molar-refractivity contribution in [1.29, 1.82) is 0 Å². The highest BCUT2D eigenvalue weighted by Gasteiger charge is 2.25. The van der Waals surface area contributed by atoms with Crippen LogP contribution in [0.3, 0.4) is 0 Å². The summed E-state index contributed by atoms with van der Waals surface area (Å²) < 4.78 is 11.6. The maximum Gasteiger partial charge on any atom is 0.159 e. The van der Waals surface area contributed by atoms with E-state index in [2.05, 4.69) is 162 Å². The van der Waals surface area contributed by atoms with Crippen molar-refractivity contribution in [3.63, 3.8) is 0 Å². The smallest absolute Gasteiger partial charge is 0.159 e. The first-order valence-electron chi connectivity index (χ1n) is 19.5. The van der Waals surface area contributed by atoms with Crippen molar-refractivity contribution in [2.45, 2.75) is 19.0 Å². The molecule has 1 unspecified atom stereocenters. The molecule has 10 aromatic rings. The summed E-state index contributed by atoms with van der Waals surface area (Å²) in [4.78, 5) is 10.2. The first-order chi connectivity index (χ1) is 28.2. The number of furan rings is 1. The van der Waals surface area contributed by atoms with Gasteiger partial charge in [-0.05, 0) is 72.5 Å². The minimum Gasteiger partial charge on any atom is -0.456 e. The molecule has 6 heteroatoms. The van der Waals surface area contributed by atoms with Gasteiger partial charge in [-0.3, -0.25) is 0 Å². The van der Waals surface area contributed by atoms with Gasteiger partial charge in [0.25, 0.3) is 0 Å². The molecule has 0 radical (unpaired) electrons. The van der Waals surface area contributed by atoms with Crippen LogP contribution in [0.5, 0.6) is 0 Å². The second-order valence-corrected chi connectivity index (χ2v) is 15.9. The lowest BCUT2D eigenvalue weighted by Crippen LogP contribution is -2.34. The van der Waals surface area contributed by atoms with Crippen LogP contribution >= 0.6 is 11.3 Å². The number of benzene rings is 7. The predicted molar refractivity (Wildman–Crippen MR) is 239 cm³/mol. The fourth-order valence-corrected chi connectivity index (χ4v) is 9.89. The lowest BCUT2D eigenvalue weighted by atomic mass is 10.0. The van der Waals surface area contributed by atoms with Crippen LogP contribution in [-0.2, 0) is 0 Å². The molecule has 1 aliphatic heterocycles. The van der Waals surface area contributed by atoms with Gasteiger partial charge in [0, 0.05) is 64.1 Å². The van der Waals surface area contributed by atoms with E-state index in [-0.39, 0.29) is 6.17 Å². The zero-order valence-electron chi connectivity index (χ0n) is 30.8. The molecule has 270 valence electrons. The van der Waals surface area contributed by atoms with Gasteiger partial charge in [-0.2, -0.15) is 0 Å². The summed E-state index contributed by atoms with van der Waals surface area (Å²) in [7, 11) is 0. The molecule has 12 rings (SSSR count). The van der Waals surface area contributed by atoms with Crippen molar-refractivity contribution in [2.75, 3.05) is 0 Å². The summed E-state index contributed by atoms with van der Waals surface area (Å²) in [5.41, 5.74) is 10.7. The molecule has 4 heterocycles. The first-order valence-corrected chi connectivity index (χ1v) is 20.3. The maximum absolute atomic E-state index is 6.68. The van der Waals surface area contributed by atoms with Crippen molar-refractivity contribution >= 4 is 86.9 Å². The van der Waals surface area contributed by atoms with Gasteiger partial charge in [-0.1, -0.05) is 121 Å². The highest BCUT2D eigenvalue weighted by Crippen LogP contribution is 2.41. The Morgan fingerprint density at radius 2 is 1.37 bits per heavy atom. The number of thiophene rings is 1. The number of nitrogens with zero attached hydrogens (tertiary/aromatic N) is 3. The molecule has 0 saturated heterocycles. The number of hydrogen-bond donors (Lipinski definition) is 1. The molecule has 7 aromatic carbocycles. The molecule has 1 aliphatic carbocycles. The number of para-hydroxylation sites is 3. The Morgan fingerprint density at radius 3 is 2.19 bits per heavy atom. The van der Waals surface area contributed by atoms with Crippen LogP contribution in [0.15, 0.2) is 190 Å². The molecule has 0 spiro atoms. The number of fused-ring (bicyclic) bond motifs is 9. The SMILES string of the molecule is C1=CC(C2=NC(c3ccccc3)=NC(c3cccc4c3oc3ccc(-c5ccc6c(c5)sc5ccc(-n7c8ccccc8c8ccccc87)cc56)cc34)N2)=CCC1. The van der Waals surface area contributed by atoms with Crippen LogP contribution < -0.4 is 5.32 Å². The van der Waals surface area contributed by atoms with Gasteiger partial charge >= 0.3 is 0 Å². The molecule has 0 amide bonds. The van der Waals surface area contributed by atoms with Crippen LogP contribution in [0, 0.1) is 0 Å². The average Bonchev–Trinajstić information content (AvgIpc) is 3.95. The van der Waals surface area contributed by atoms with Crippen molar-refractivity contribution in [3.05, 3.63) is 187 Å². The van der Waals surface area contributed by atoms with Crippen molar-refractivity contribution < 1.29 is 4.42 Å². The van der Waals surface area contributed by atoms with Crippen LogP contribution in [0.2, 0.25) is 0 Å². The maximum atomic E-state index is 6.68. The monoisotopic (exact) mass is 750 g/mol. The molecule has 1 atom stereocenters. The van der Waals surface area contributed by atoms with Gasteiger partial charge < -0.3 is 14.3 Å². The van der Waals surface area contributed by atoms with E-state index < -0.39 is 0 Å². The normalized spacial score (nSPS) is 15.8. The number of nitrogens with one attached hydrogen (secondary N) is 1.